The van der Waals surface area contributed by atoms with Crippen LogP contribution < -0.4 is 0 Å². The first-order chi connectivity index (χ1) is 19.8. The highest BCUT2D eigenvalue weighted by atomic mass is 14.2. The minimum absolute atomic E-state index is 1.24. The van der Waals surface area contributed by atoms with Crippen molar-refractivity contribution in [1.29, 1.82) is 0 Å². The molecule has 0 saturated carbocycles. The summed E-state index contributed by atoms with van der Waals surface area (Å²) in [6.07, 6.45) is 0. The van der Waals surface area contributed by atoms with Crippen molar-refractivity contribution in [3.8, 4) is 33.4 Å². The van der Waals surface area contributed by atoms with Crippen LogP contribution in [0.2, 0.25) is 0 Å². The van der Waals surface area contributed by atoms with E-state index in [9.17, 15) is 0 Å². The van der Waals surface area contributed by atoms with E-state index in [2.05, 4.69) is 158 Å². The fourth-order valence-electron chi connectivity index (χ4n) is 6.21. The van der Waals surface area contributed by atoms with Gasteiger partial charge in [0.25, 0.3) is 0 Å². The SMILES string of the molecule is c1ccc(-c2ccc3cc4c(-c5ccc6ccccc6c5)cccc4c(-c4ccc5ccccc5c4)c3c2)cc1. The molecule has 0 unspecified atom stereocenters. The van der Waals surface area contributed by atoms with Crippen LogP contribution in [-0.4, -0.2) is 0 Å². The highest BCUT2D eigenvalue weighted by Gasteiger charge is 2.15. The highest BCUT2D eigenvalue weighted by molar-refractivity contribution is 6.17. The summed E-state index contributed by atoms with van der Waals surface area (Å²) in [6.45, 7) is 0. The van der Waals surface area contributed by atoms with Gasteiger partial charge >= 0.3 is 0 Å². The van der Waals surface area contributed by atoms with Crippen LogP contribution in [0.5, 0.6) is 0 Å². The summed E-state index contributed by atoms with van der Waals surface area (Å²) >= 11 is 0. The van der Waals surface area contributed by atoms with Gasteiger partial charge in [-0.25, -0.2) is 0 Å². The molecule has 0 fully saturated rings. The predicted octanol–water partition coefficient (Wildman–Crippen LogP) is 11.3. The lowest BCUT2D eigenvalue weighted by Gasteiger charge is -2.17. The molecule has 186 valence electrons. The number of benzene rings is 8. The Hall–Kier alpha value is -5.20. The molecule has 0 heteroatoms. The third-order valence-corrected chi connectivity index (χ3v) is 8.20. The van der Waals surface area contributed by atoms with E-state index >= 15 is 0 Å². The summed E-state index contributed by atoms with van der Waals surface area (Å²) in [4.78, 5) is 0. The summed E-state index contributed by atoms with van der Waals surface area (Å²) in [7, 11) is 0. The van der Waals surface area contributed by atoms with Crippen molar-refractivity contribution >= 4 is 43.1 Å². The van der Waals surface area contributed by atoms with Crippen molar-refractivity contribution in [1.82, 2.24) is 0 Å². The Bertz CT molecular complexity index is 2200. The lowest BCUT2D eigenvalue weighted by molar-refractivity contribution is 1.64. The van der Waals surface area contributed by atoms with Crippen molar-refractivity contribution in [2.75, 3.05) is 0 Å². The molecule has 0 heterocycles. The van der Waals surface area contributed by atoms with Crippen LogP contribution in [0.25, 0.3) is 76.5 Å². The highest BCUT2D eigenvalue weighted by Crippen LogP contribution is 2.42. The van der Waals surface area contributed by atoms with Gasteiger partial charge in [-0.05, 0) is 101 Å². The number of hydrogen-bond donors (Lipinski definition) is 0. The summed E-state index contributed by atoms with van der Waals surface area (Å²) in [5.74, 6) is 0. The van der Waals surface area contributed by atoms with Crippen molar-refractivity contribution in [3.63, 3.8) is 0 Å². The molecule has 0 aromatic heterocycles. The van der Waals surface area contributed by atoms with Crippen LogP contribution in [-0.2, 0) is 0 Å². The second-order valence-corrected chi connectivity index (χ2v) is 10.6. The molecule has 0 aliphatic carbocycles. The van der Waals surface area contributed by atoms with Gasteiger partial charge in [0.05, 0.1) is 0 Å². The monoisotopic (exact) mass is 506 g/mol. The largest absolute Gasteiger partial charge is 0.0622 e. The summed E-state index contributed by atoms with van der Waals surface area (Å²) in [5.41, 5.74) is 7.52. The Morgan fingerprint density at radius 3 is 1.60 bits per heavy atom. The zero-order chi connectivity index (χ0) is 26.5. The average molecular weight is 507 g/mol. The molecule has 0 nitrogen and oxygen atoms in total. The molecule has 0 N–H and O–H groups in total. The first-order valence-electron chi connectivity index (χ1n) is 13.9. The average Bonchev–Trinajstić information content (AvgIpc) is 3.03. The molecule has 8 rings (SSSR count). The fraction of sp³-hybridized carbons (Fsp3) is 0. The Balaban J connectivity index is 1.46. The van der Waals surface area contributed by atoms with Crippen LogP contribution in [0.3, 0.4) is 0 Å². The van der Waals surface area contributed by atoms with E-state index in [-0.39, 0.29) is 0 Å². The molecule has 0 radical (unpaired) electrons. The van der Waals surface area contributed by atoms with Gasteiger partial charge < -0.3 is 0 Å². The molecule has 0 atom stereocenters. The van der Waals surface area contributed by atoms with Crippen molar-refractivity contribution in [2.24, 2.45) is 0 Å². The summed E-state index contributed by atoms with van der Waals surface area (Å²) < 4.78 is 0. The number of hydrogen-bond acceptors (Lipinski definition) is 0. The van der Waals surface area contributed by atoms with Crippen LogP contribution in [0.1, 0.15) is 0 Å². The zero-order valence-electron chi connectivity index (χ0n) is 22.0. The van der Waals surface area contributed by atoms with Crippen molar-refractivity contribution in [3.05, 3.63) is 158 Å². The summed E-state index contributed by atoms with van der Waals surface area (Å²) in [5, 5.41) is 10.1. The Labute approximate surface area is 233 Å². The maximum Gasteiger partial charge on any atom is -0.00262 e. The fourth-order valence-corrected chi connectivity index (χ4v) is 6.21. The molecule has 0 spiro atoms. The predicted molar refractivity (Wildman–Crippen MR) is 173 cm³/mol. The smallest absolute Gasteiger partial charge is 0.00262 e. The molecule has 0 saturated heterocycles. The van der Waals surface area contributed by atoms with Gasteiger partial charge in [-0.15, -0.1) is 0 Å². The molecule has 0 amide bonds. The standard InChI is InChI=1S/C40H26/c1-2-9-27(10-3-1)32-19-21-34-26-39-36(33-20-17-28-11-4-6-13-30(28)23-33)15-8-16-37(39)40(38(34)25-32)35-22-18-29-12-5-7-14-31(29)24-35/h1-26H. The molecule has 0 bridgehead atoms. The maximum absolute atomic E-state index is 2.38. The first-order valence-corrected chi connectivity index (χ1v) is 13.9. The third kappa shape index (κ3) is 3.77. The van der Waals surface area contributed by atoms with Gasteiger partial charge in [0.2, 0.25) is 0 Å². The second-order valence-electron chi connectivity index (χ2n) is 10.6. The molecule has 0 aliphatic rings. The normalized spacial score (nSPS) is 11.5. The topological polar surface area (TPSA) is 0 Å². The second kappa shape index (κ2) is 9.22. The summed E-state index contributed by atoms with van der Waals surface area (Å²) in [6, 6.07) is 57.7. The van der Waals surface area contributed by atoms with Gasteiger partial charge in [-0.2, -0.15) is 0 Å². The van der Waals surface area contributed by atoms with Gasteiger partial charge in [-0.1, -0.05) is 133 Å². The van der Waals surface area contributed by atoms with E-state index in [0.29, 0.717) is 0 Å². The number of fused-ring (bicyclic) bond motifs is 4. The molecule has 8 aromatic carbocycles. The van der Waals surface area contributed by atoms with E-state index < -0.39 is 0 Å². The van der Waals surface area contributed by atoms with Crippen LogP contribution in [0, 0.1) is 0 Å². The van der Waals surface area contributed by atoms with Crippen molar-refractivity contribution < 1.29 is 0 Å². The first kappa shape index (κ1) is 22.8. The zero-order valence-corrected chi connectivity index (χ0v) is 22.0. The minimum atomic E-state index is 1.24. The van der Waals surface area contributed by atoms with E-state index in [1.165, 1.54) is 76.5 Å². The molecular formula is C40H26. The van der Waals surface area contributed by atoms with Gasteiger partial charge in [0.1, 0.15) is 0 Å². The molecular weight excluding hydrogens is 480 g/mol. The number of rotatable bonds is 3. The third-order valence-electron chi connectivity index (χ3n) is 8.20. The van der Waals surface area contributed by atoms with E-state index in [1.54, 1.807) is 0 Å². The van der Waals surface area contributed by atoms with E-state index in [4.69, 9.17) is 0 Å². The quantitative estimate of drug-likeness (QED) is 0.209. The van der Waals surface area contributed by atoms with Crippen LogP contribution in [0.4, 0.5) is 0 Å². The maximum atomic E-state index is 2.38. The van der Waals surface area contributed by atoms with Crippen LogP contribution >= 0.6 is 0 Å². The lowest BCUT2D eigenvalue weighted by Crippen LogP contribution is -1.90. The molecule has 8 aromatic rings. The van der Waals surface area contributed by atoms with Gasteiger partial charge in [0, 0.05) is 0 Å². The van der Waals surface area contributed by atoms with Crippen molar-refractivity contribution in [2.45, 2.75) is 0 Å². The Morgan fingerprint density at radius 1 is 0.250 bits per heavy atom. The molecule has 0 aliphatic heterocycles. The minimum Gasteiger partial charge on any atom is -0.0622 e. The van der Waals surface area contributed by atoms with Crippen LogP contribution in [0.15, 0.2) is 158 Å². The Kier molecular flexibility index (Phi) is 5.24. The van der Waals surface area contributed by atoms with Gasteiger partial charge in [-0.3, -0.25) is 0 Å². The van der Waals surface area contributed by atoms with E-state index in [0.717, 1.165) is 0 Å². The lowest BCUT2D eigenvalue weighted by atomic mass is 9.87. The van der Waals surface area contributed by atoms with Gasteiger partial charge in [0.15, 0.2) is 0 Å². The Morgan fingerprint density at radius 2 is 0.850 bits per heavy atom. The van der Waals surface area contributed by atoms with E-state index in [1.807, 2.05) is 0 Å². The molecule has 40 heavy (non-hydrogen) atoms.